The molecule has 0 bridgehead atoms. The van der Waals surface area contributed by atoms with E-state index in [9.17, 15) is 4.79 Å². The summed E-state index contributed by atoms with van der Waals surface area (Å²) in [5, 5.41) is 8.58. The molecule has 60 valence electrons. The first-order valence-electron chi connectivity index (χ1n) is 3.27. The highest BCUT2D eigenvalue weighted by Gasteiger charge is 2.00. The van der Waals surface area contributed by atoms with Crippen LogP contribution in [0.5, 0.6) is 0 Å². The van der Waals surface area contributed by atoms with Crippen LogP contribution in [0.15, 0.2) is 18.2 Å². The van der Waals surface area contributed by atoms with Gasteiger partial charge in [0.25, 0.3) is 0 Å². The molecule has 4 heteroatoms. The number of nitriles is 1. The Morgan fingerprint density at radius 1 is 1.58 bits per heavy atom. The molecule has 1 rings (SSSR count). The summed E-state index contributed by atoms with van der Waals surface area (Å²) in [5.41, 5.74) is 3.71. The lowest BCUT2D eigenvalue weighted by molar-refractivity contribution is 0.112. The minimum absolute atomic E-state index is 0.420. The summed E-state index contributed by atoms with van der Waals surface area (Å²) in [7, 11) is 0. The minimum Gasteiger partial charge on any atom is -0.323 e. The zero-order valence-corrected chi connectivity index (χ0v) is 6.24. The van der Waals surface area contributed by atoms with Gasteiger partial charge >= 0.3 is 0 Å². The minimum atomic E-state index is 0.420. The van der Waals surface area contributed by atoms with E-state index < -0.39 is 0 Å². The van der Waals surface area contributed by atoms with Gasteiger partial charge in [-0.2, -0.15) is 5.26 Å². The largest absolute Gasteiger partial charge is 0.323 e. The number of nitrogen functional groups attached to an aromatic ring is 1. The van der Waals surface area contributed by atoms with Crippen molar-refractivity contribution >= 4 is 12.0 Å². The summed E-state index contributed by atoms with van der Waals surface area (Å²) >= 11 is 0. The first kappa shape index (κ1) is 8.24. The van der Waals surface area contributed by atoms with E-state index in [1.807, 2.05) is 6.07 Å². The predicted molar refractivity (Wildman–Crippen MR) is 44.4 cm³/mol. The highest BCUT2D eigenvalue weighted by atomic mass is 16.1. The molecule has 0 saturated carbocycles. The monoisotopic (exact) mass is 161 g/mol. The van der Waals surface area contributed by atoms with Crippen LogP contribution in [0.3, 0.4) is 0 Å². The molecule has 0 unspecified atom stereocenters. The van der Waals surface area contributed by atoms with Crippen LogP contribution in [0.4, 0.5) is 5.69 Å². The zero-order valence-electron chi connectivity index (χ0n) is 6.24. The summed E-state index contributed by atoms with van der Waals surface area (Å²) in [6.07, 6.45) is 0.696. The first-order valence-corrected chi connectivity index (χ1v) is 3.27. The summed E-state index contributed by atoms with van der Waals surface area (Å²) in [6.45, 7) is 0. The van der Waals surface area contributed by atoms with Crippen molar-refractivity contribution in [3.63, 3.8) is 0 Å². The Labute approximate surface area is 69.6 Å². The third-order valence-corrected chi connectivity index (χ3v) is 1.46. The fraction of sp³-hybridized carbons (Fsp3) is 0. The topological polar surface area (TPSA) is 78.9 Å². The Kier molecular flexibility index (Phi) is 2.41. The van der Waals surface area contributed by atoms with Crippen LogP contribution >= 0.6 is 0 Å². The summed E-state index contributed by atoms with van der Waals surface area (Å²) in [5.74, 6) is 5.13. The van der Waals surface area contributed by atoms with E-state index in [0.29, 0.717) is 23.1 Å². The van der Waals surface area contributed by atoms with Crippen molar-refractivity contribution in [1.29, 1.82) is 5.26 Å². The van der Waals surface area contributed by atoms with Crippen LogP contribution in [0.1, 0.15) is 15.9 Å². The lowest BCUT2D eigenvalue weighted by Crippen LogP contribution is -2.08. The second-order valence-corrected chi connectivity index (χ2v) is 2.18. The summed E-state index contributed by atoms with van der Waals surface area (Å²) < 4.78 is 0. The van der Waals surface area contributed by atoms with Gasteiger partial charge in [0.1, 0.15) is 12.4 Å². The number of nitrogens with two attached hydrogens (primary N) is 1. The van der Waals surface area contributed by atoms with Crippen molar-refractivity contribution < 1.29 is 4.79 Å². The van der Waals surface area contributed by atoms with Gasteiger partial charge in [0.2, 0.25) is 0 Å². The maximum Gasteiger partial charge on any atom is 0.150 e. The molecule has 0 spiro atoms. The van der Waals surface area contributed by atoms with Crippen LogP contribution in [0.2, 0.25) is 0 Å². The van der Waals surface area contributed by atoms with Gasteiger partial charge in [0, 0.05) is 5.56 Å². The van der Waals surface area contributed by atoms with Crippen LogP contribution < -0.4 is 11.3 Å². The van der Waals surface area contributed by atoms with E-state index in [1.165, 1.54) is 6.07 Å². The average Bonchev–Trinajstić information content (AvgIpc) is 2.16. The number of anilines is 1. The van der Waals surface area contributed by atoms with E-state index in [4.69, 9.17) is 11.1 Å². The molecule has 1 aromatic carbocycles. The lowest BCUT2D eigenvalue weighted by Gasteiger charge is -2.01. The number of rotatable bonds is 2. The third-order valence-electron chi connectivity index (χ3n) is 1.46. The molecule has 0 heterocycles. The van der Waals surface area contributed by atoms with Crippen molar-refractivity contribution in [2.75, 3.05) is 5.43 Å². The van der Waals surface area contributed by atoms with Crippen LogP contribution in [0, 0.1) is 11.3 Å². The van der Waals surface area contributed by atoms with Gasteiger partial charge in [-0.05, 0) is 12.1 Å². The molecule has 12 heavy (non-hydrogen) atoms. The molecule has 0 saturated heterocycles. The van der Waals surface area contributed by atoms with Gasteiger partial charge < -0.3 is 5.43 Å². The number of benzene rings is 1. The van der Waals surface area contributed by atoms with E-state index in [1.54, 1.807) is 12.1 Å². The lowest BCUT2D eigenvalue weighted by atomic mass is 10.1. The van der Waals surface area contributed by atoms with Gasteiger partial charge in [0.15, 0.2) is 0 Å². The van der Waals surface area contributed by atoms with Gasteiger partial charge in [-0.15, -0.1) is 0 Å². The highest BCUT2D eigenvalue weighted by molar-refractivity contribution is 5.78. The Morgan fingerprint density at radius 3 is 2.83 bits per heavy atom. The van der Waals surface area contributed by atoms with Gasteiger partial charge in [0.05, 0.1) is 11.3 Å². The maximum absolute atomic E-state index is 10.3. The van der Waals surface area contributed by atoms with Crippen LogP contribution in [-0.4, -0.2) is 6.29 Å². The van der Waals surface area contributed by atoms with E-state index >= 15 is 0 Å². The molecular formula is C8H7N3O. The molecule has 0 aliphatic rings. The number of hydrogen-bond acceptors (Lipinski definition) is 4. The Bertz CT molecular complexity index is 341. The van der Waals surface area contributed by atoms with Crippen molar-refractivity contribution in [1.82, 2.24) is 0 Å². The number of carbonyl (C=O) groups is 1. The Morgan fingerprint density at radius 2 is 2.33 bits per heavy atom. The molecule has 1 aromatic rings. The van der Waals surface area contributed by atoms with Crippen LogP contribution in [0.25, 0.3) is 0 Å². The quantitative estimate of drug-likeness (QED) is 0.379. The van der Waals surface area contributed by atoms with E-state index in [0.717, 1.165) is 0 Å². The molecule has 0 radical (unpaired) electrons. The molecule has 0 aromatic heterocycles. The molecule has 3 N–H and O–H groups in total. The second-order valence-electron chi connectivity index (χ2n) is 2.18. The Hall–Kier alpha value is -1.86. The first-order chi connectivity index (χ1) is 5.81. The number of nitrogens with zero attached hydrogens (tertiary/aromatic N) is 1. The number of hydrazine groups is 1. The van der Waals surface area contributed by atoms with Gasteiger partial charge in [-0.1, -0.05) is 6.07 Å². The number of carbonyl (C=O) groups excluding carboxylic acids is 1. The van der Waals surface area contributed by atoms with Crippen molar-refractivity contribution in [2.45, 2.75) is 0 Å². The van der Waals surface area contributed by atoms with E-state index in [-0.39, 0.29) is 0 Å². The molecular weight excluding hydrogens is 154 g/mol. The number of nitrogens with one attached hydrogen (secondary N) is 1. The molecule has 0 aliphatic heterocycles. The fourth-order valence-electron chi connectivity index (χ4n) is 0.852. The number of hydrogen-bond donors (Lipinski definition) is 2. The van der Waals surface area contributed by atoms with Crippen molar-refractivity contribution in [3.8, 4) is 6.07 Å². The molecule has 0 atom stereocenters. The fourth-order valence-corrected chi connectivity index (χ4v) is 0.852. The molecule has 0 amide bonds. The summed E-state index contributed by atoms with van der Waals surface area (Å²) in [4.78, 5) is 10.3. The smallest absolute Gasteiger partial charge is 0.150 e. The highest BCUT2D eigenvalue weighted by Crippen LogP contribution is 2.14. The third kappa shape index (κ3) is 1.41. The zero-order chi connectivity index (χ0) is 8.97. The number of aldehydes is 1. The predicted octanol–water partition coefficient (Wildman–Crippen LogP) is 0.656. The van der Waals surface area contributed by atoms with Gasteiger partial charge in [-0.25, -0.2) is 0 Å². The average molecular weight is 161 g/mol. The second kappa shape index (κ2) is 3.51. The molecule has 0 fully saturated rings. The maximum atomic E-state index is 10.3. The van der Waals surface area contributed by atoms with Crippen LogP contribution in [-0.2, 0) is 0 Å². The van der Waals surface area contributed by atoms with Crippen molar-refractivity contribution in [3.05, 3.63) is 29.3 Å². The normalized spacial score (nSPS) is 8.67. The SMILES string of the molecule is N#Cc1ccc(C=O)cc1NN. The molecule has 0 aliphatic carbocycles. The van der Waals surface area contributed by atoms with Crippen molar-refractivity contribution in [2.24, 2.45) is 5.84 Å². The molecule has 4 nitrogen and oxygen atoms in total. The Balaban J connectivity index is 3.21. The summed E-state index contributed by atoms with van der Waals surface area (Å²) in [6, 6.07) is 6.56. The standard InChI is InChI=1S/C8H7N3O/c9-4-7-2-1-6(5-12)3-8(7)11-10/h1-3,5,11H,10H2. The van der Waals surface area contributed by atoms with E-state index in [2.05, 4.69) is 5.43 Å². The van der Waals surface area contributed by atoms with Gasteiger partial charge in [-0.3, -0.25) is 10.6 Å².